The van der Waals surface area contributed by atoms with Gasteiger partial charge in [-0.15, -0.1) is 0 Å². The number of hydrogen-bond donors (Lipinski definition) is 0. The number of aromatic nitrogens is 1. The monoisotopic (exact) mass is 387 g/mol. The smallest absolute Gasteiger partial charge is 0.413 e. The first-order valence-electron chi connectivity index (χ1n) is 6.52. The average molecular weight is 387 g/mol. The molecule has 0 fully saturated rings. The summed E-state index contributed by atoms with van der Waals surface area (Å²) in [6.07, 6.45) is 0. The van der Waals surface area contributed by atoms with E-state index >= 15 is 0 Å². The molecule has 0 bridgehead atoms. The van der Waals surface area contributed by atoms with Crippen molar-refractivity contribution in [2.24, 2.45) is 0 Å². The van der Waals surface area contributed by atoms with Crippen molar-refractivity contribution in [1.82, 2.24) is 4.98 Å². The number of ether oxygens (including phenoxy) is 1. The van der Waals surface area contributed by atoms with Gasteiger partial charge >= 0.3 is 11.7 Å². The summed E-state index contributed by atoms with van der Waals surface area (Å²) in [6, 6.07) is 0. The zero-order chi connectivity index (χ0) is 16.6. The molecule has 0 aromatic carbocycles. The number of thiazole rings is 1. The van der Waals surface area contributed by atoms with Gasteiger partial charge in [-0.1, -0.05) is 11.3 Å². The van der Waals surface area contributed by atoms with Gasteiger partial charge in [-0.05, 0) is 27.7 Å². The summed E-state index contributed by atoms with van der Waals surface area (Å²) in [5.74, 6) is -3.82. The molecule has 0 saturated carbocycles. The van der Waals surface area contributed by atoms with Crippen LogP contribution in [-0.2, 0) is 17.7 Å². The second kappa shape index (κ2) is 9.79. The third-order valence-electron chi connectivity index (χ3n) is 1.95. The Morgan fingerprint density at radius 1 is 1.18 bits per heavy atom. The van der Waals surface area contributed by atoms with Crippen LogP contribution >= 0.6 is 40.4 Å². The van der Waals surface area contributed by atoms with Crippen LogP contribution in [0.5, 0.6) is 5.19 Å². The number of esters is 1. The number of hydrogen-bond acceptors (Lipinski definition) is 10. The predicted molar refractivity (Wildman–Crippen MR) is 89.5 cm³/mol. The fraction of sp³-hybridized carbons (Fsp3) is 0.636. The van der Waals surface area contributed by atoms with E-state index in [-0.39, 0.29) is 11.8 Å². The Balaban J connectivity index is 2.87. The number of aryl methyl sites for hydroxylation is 1. The maximum absolute atomic E-state index is 12.6. The summed E-state index contributed by atoms with van der Waals surface area (Å²) < 4.78 is 33.2. The fourth-order valence-electron chi connectivity index (χ4n) is 1.17. The highest BCUT2D eigenvalue weighted by Crippen LogP contribution is 2.69. The van der Waals surface area contributed by atoms with Gasteiger partial charge in [-0.25, -0.2) is 14.3 Å². The van der Waals surface area contributed by atoms with E-state index in [1.165, 1.54) is 0 Å². The lowest BCUT2D eigenvalue weighted by Gasteiger charge is -2.13. The van der Waals surface area contributed by atoms with E-state index < -0.39 is 11.7 Å². The maximum atomic E-state index is 12.6. The Morgan fingerprint density at radius 2 is 1.77 bits per heavy atom. The molecule has 0 amide bonds. The molecule has 0 aliphatic rings. The van der Waals surface area contributed by atoms with E-state index in [9.17, 15) is 9.36 Å². The van der Waals surface area contributed by atoms with Gasteiger partial charge in [0.2, 0.25) is 0 Å². The Kier molecular flexibility index (Phi) is 8.81. The van der Waals surface area contributed by atoms with E-state index in [1.54, 1.807) is 27.7 Å². The molecule has 1 rings (SSSR count). The van der Waals surface area contributed by atoms with Crippen LogP contribution in [0.2, 0.25) is 0 Å². The highest BCUT2D eigenvalue weighted by molar-refractivity contribution is 8.87. The third-order valence-corrected chi connectivity index (χ3v) is 7.80. The van der Waals surface area contributed by atoms with Gasteiger partial charge in [0.15, 0.2) is 0 Å². The first-order valence-corrected chi connectivity index (χ1v) is 11.7. The Hall–Kier alpha value is -0.250. The summed E-state index contributed by atoms with van der Waals surface area (Å²) >= 11 is 2.41. The molecule has 22 heavy (non-hydrogen) atoms. The zero-order valence-corrected chi connectivity index (χ0v) is 16.0. The van der Waals surface area contributed by atoms with Gasteiger partial charge < -0.3 is 17.6 Å². The second-order valence-corrected chi connectivity index (χ2v) is 10.9. The molecule has 7 nitrogen and oxygen atoms in total. The standard InChI is InChI=1S/C11H18NO6PS3/c1-5-15-10(13)9-8(4)12-11(20-9)18-19(14,21-16-6-2)22-17-7-3/h5-7H2,1-4H3. The van der Waals surface area contributed by atoms with Crippen LogP contribution in [0.25, 0.3) is 0 Å². The number of carbonyl (C=O) groups is 1. The molecule has 126 valence electrons. The SMILES string of the molecule is CCOSP(=O)(Oc1nc(C)c(C(=O)OCC)s1)SOCC. The van der Waals surface area contributed by atoms with Crippen molar-refractivity contribution in [2.75, 3.05) is 19.8 Å². The Labute approximate surface area is 141 Å². The minimum Gasteiger partial charge on any atom is -0.462 e. The number of rotatable bonds is 10. The van der Waals surface area contributed by atoms with Crippen LogP contribution in [0.3, 0.4) is 0 Å². The first-order chi connectivity index (χ1) is 10.5. The first kappa shape index (κ1) is 19.8. The van der Waals surface area contributed by atoms with Gasteiger partial charge in [0.1, 0.15) is 28.2 Å². The zero-order valence-electron chi connectivity index (χ0n) is 12.7. The normalized spacial score (nSPS) is 11.5. The molecule has 1 aromatic rings. The van der Waals surface area contributed by atoms with Gasteiger partial charge in [0, 0.05) is 0 Å². The molecule has 0 saturated heterocycles. The minimum atomic E-state index is -3.34. The van der Waals surface area contributed by atoms with Crippen LogP contribution in [0.1, 0.15) is 36.1 Å². The average Bonchev–Trinajstić information content (AvgIpc) is 2.84. The number of nitrogens with zero attached hydrogens (tertiary/aromatic N) is 1. The molecule has 11 heteroatoms. The van der Waals surface area contributed by atoms with E-state index in [4.69, 9.17) is 17.6 Å². The van der Waals surface area contributed by atoms with Gasteiger partial charge in [-0.3, -0.25) is 0 Å². The lowest BCUT2D eigenvalue weighted by Crippen LogP contribution is -2.03. The maximum Gasteiger partial charge on any atom is 0.413 e. The van der Waals surface area contributed by atoms with Crippen molar-refractivity contribution in [3.05, 3.63) is 10.6 Å². The largest absolute Gasteiger partial charge is 0.462 e. The molecule has 0 spiro atoms. The van der Waals surface area contributed by atoms with Gasteiger partial charge in [0.25, 0.3) is 5.19 Å². The van der Waals surface area contributed by atoms with Crippen molar-refractivity contribution in [3.8, 4) is 5.19 Å². The quantitative estimate of drug-likeness (QED) is 0.327. The van der Waals surface area contributed by atoms with E-state index in [0.717, 1.165) is 11.3 Å². The van der Waals surface area contributed by atoms with Crippen LogP contribution in [0.15, 0.2) is 0 Å². The van der Waals surface area contributed by atoms with Crippen molar-refractivity contribution < 1.29 is 27.0 Å². The van der Waals surface area contributed by atoms with E-state index in [1.807, 2.05) is 0 Å². The summed E-state index contributed by atoms with van der Waals surface area (Å²) in [7, 11) is 0. The predicted octanol–water partition coefficient (Wildman–Crippen LogP) is 4.48. The fourth-order valence-corrected chi connectivity index (χ4v) is 6.48. The molecule has 0 aliphatic heterocycles. The molecule has 0 aliphatic carbocycles. The topological polar surface area (TPSA) is 84.0 Å². The van der Waals surface area contributed by atoms with Gasteiger partial charge in [-0.2, -0.15) is 0 Å². The highest BCUT2D eigenvalue weighted by Gasteiger charge is 2.32. The van der Waals surface area contributed by atoms with Crippen molar-refractivity contribution >= 4 is 46.4 Å². The summed E-state index contributed by atoms with van der Waals surface area (Å²) in [5, 5.41) is 0.114. The molecule has 1 heterocycles. The molecular formula is C11H18NO6PS3. The molecule has 0 N–H and O–H groups in total. The van der Waals surface area contributed by atoms with Crippen molar-refractivity contribution in [3.63, 3.8) is 0 Å². The lowest BCUT2D eigenvalue weighted by atomic mass is 10.4. The summed E-state index contributed by atoms with van der Waals surface area (Å²) in [5.41, 5.74) is 0.466. The number of carbonyl (C=O) groups excluding carboxylic acids is 1. The van der Waals surface area contributed by atoms with Crippen LogP contribution in [0.4, 0.5) is 0 Å². The molecule has 0 atom stereocenters. The Bertz CT molecular complexity index is 526. The molecule has 0 unspecified atom stereocenters. The second-order valence-electron chi connectivity index (χ2n) is 3.62. The third kappa shape index (κ3) is 6.10. The minimum absolute atomic E-state index is 0.114. The Morgan fingerprint density at radius 3 is 2.27 bits per heavy atom. The van der Waals surface area contributed by atoms with Crippen LogP contribution in [-0.4, -0.2) is 30.8 Å². The summed E-state index contributed by atoms with van der Waals surface area (Å²) in [4.78, 5) is 16.2. The highest BCUT2D eigenvalue weighted by atomic mass is 33.1. The van der Waals surface area contributed by atoms with Gasteiger partial charge in [0.05, 0.1) is 25.5 Å². The molecular weight excluding hydrogens is 369 g/mol. The van der Waals surface area contributed by atoms with Crippen LogP contribution in [0, 0.1) is 6.92 Å². The van der Waals surface area contributed by atoms with Crippen LogP contribution < -0.4 is 4.52 Å². The summed E-state index contributed by atoms with van der Waals surface area (Å²) in [6.45, 7) is 7.93. The lowest BCUT2D eigenvalue weighted by molar-refractivity contribution is 0.0531. The van der Waals surface area contributed by atoms with Crippen molar-refractivity contribution in [1.29, 1.82) is 0 Å². The van der Waals surface area contributed by atoms with Crippen molar-refractivity contribution in [2.45, 2.75) is 27.7 Å². The van der Waals surface area contributed by atoms with E-state index in [2.05, 4.69) is 4.98 Å². The van der Waals surface area contributed by atoms with E-state index in [0.29, 0.717) is 47.1 Å². The molecule has 0 radical (unpaired) electrons. The molecule has 1 aromatic heterocycles.